The van der Waals surface area contributed by atoms with E-state index in [9.17, 15) is 0 Å². The van der Waals surface area contributed by atoms with Crippen molar-refractivity contribution >= 4 is 119 Å². The molecule has 0 N–H and O–H groups in total. The molecular formula is C67H38N4O. The van der Waals surface area contributed by atoms with Crippen LogP contribution in [0.5, 0.6) is 0 Å². The van der Waals surface area contributed by atoms with Crippen LogP contribution < -0.4 is 0 Å². The molecule has 3 aromatic heterocycles. The van der Waals surface area contributed by atoms with E-state index in [0.717, 1.165) is 76.9 Å². The Balaban J connectivity index is 1.00. The molecule has 3 heterocycles. The highest BCUT2D eigenvalue weighted by molar-refractivity contribution is 6.25. The normalized spacial score (nSPS) is 12.2. The van der Waals surface area contributed by atoms with E-state index < -0.39 is 0 Å². The minimum Gasteiger partial charge on any atom is -0.455 e. The first kappa shape index (κ1) is 39.2. The van der Waals surface area contributed by atoms with Crippen molar-refractivity contribution in [3.05, 3.63) is 231 Å². The average Bonchev–Trinajstić information content (AvgIpc) is 3.99. The SMILES string of the molecule is c1ccc2cc3c(cc2c1)c1c2ccccc2ccc1n3-c1cc(-c2nc(-c3ccc4c(ccc5ccccc54)c3)nc(-c3ccc4c(ccc5ccccc54)c3)n2)cc2oc3c4ccccc4ccc3c12. The Morgan fingerprint density at radius 2 is 0.736 bits per heavy atom. The number of nitrogens with zero attached hydrogens (tertiary/aromatic N) is 4. The third kappa shape index (κ3) is 5.79. The van der Waals surface area contributed by atoms with Crippen LogP contribution in [0.15, 0.2) is 235 Å². The van der Waals surface area contributed by atoms with Gasteiger partial charge >= 0.3 is 0 Å². The molecule has 0 saturated heterocycles. The Labute approximate surface area is 411 Å². The number of furan rings is 1. The maximum absolute atomic E-state index is 7.14. The van der Waals surface area contributed by atoms with Gasteiger partial charge in [0.1, 0.15) is 11.2 Å². The van der Waals surface area contributed by atoms with Gasteiger partial charge in [-0.25, -0.2) is 15.0 Å². The first-order chi connectivity index (χ1) is 35.6. The highest BCUT2D eigenvalue weighted by Gasteiger charge is 2.24. The van der Waals surface area contributed by atoms with Crippen LogP contribution in [-0.4, -0.2) is 19.5 Å². The van der Waals surface area contributed by atoms with Crippen molar-refractivity contribution in [2.75, 3.05) is 0 Å². The van der Waals surface area contributed by atoms with Gasteiger partial charge in [-0.3, -0.25) is 0 Å². The second kappa shape index (κ2) is 14.9. The minimum atomic E-state index is 0.553. The van der Waals surface area contributed by atoms with Gasteiger partial charge in [0.2, 0.25) is 0 Å². The summed E-state index contributed by atoms with van der Waals surface area (Å²) >= 11 is 0. The number of benzene rings is 13. The molecule has 0 atom stereocenters. The number of rotatable bonds is 4. The first-order valence-corrected chi connectivity index (χ1v) is 24.5. The van der Waals surface area contributed by atoms with Crippen molar-refractivity contribution < 1.29 is 4.42 Å². The summed E-state index contributed by atoms with van der Waals surface area (Å²) in [4.78, 5) is 16.2. The van der Waals surface area contributed by atoms with Gasteiger partial charge < -0.3 is 8.98 Å². The summed E-state index contributed by atoms with van der Waals surface area (Å²) in [5.74, 6) is 1.74. The fourth-order valence-corrected chi connectivity index (χ4v) is 11.7. The van der Waals surface area contributed by atoms with Crippen LogP contribution in [0.3, 0.4) is 0 Å². The topological polar surface area (TPSA) is 56.7 Å². The Bertz CT molecular complexity index is 4870. The van der Waals surface area contributed by atoms with Crippen molar-refractivity contribution in [3.8, 4) is 39.9 Å². The van der Waals surface area contributed by atoms with E-state index in [1.54, 1.807) is 0 Å². The lowest BCUT2D eigenvalue weighted by Crippen LogP contribution is -2.02. The predicted molar refractivity (Wildman–Crippen MR) is 300 cm³/mol. The Morgan fingerprint density at radius 1 is 0.278 bits per heavy atom. The highest BCUT2D eigenvalue weighted by atomic mass is 16.3. The number of hydrogen-bond donors (Lipinski definition) is 0. The fourth-order valence-electron chi connectivity index (χ4n) is 11.7. The van der Waals surface area contributed by atoms with Crippen molar-refractivity contribution in [2.45, 2.75) is 0 Å². The fraction of sp³-hybridized carbons (Fsp3) is 0. The lowest BCUT2D eigenvalue weighted by molar-refractivity contribution is 0.672. The van der Waals surface area contributed by atoms with Gasteiger partial charge in [0.15, 0.2) is 17.5 Å². The summed E-state index contributed by atoms with van der Waals surface area (Å²) in [6, 6.07) is 82.9. The van der Waals surface area contributed by atoms with E-state index in [0.29, 0.717) is 17.5 Å². The molecule has 16 rings (SSSR count). The van der Waals surface area contributed by atoms with Gasteiger partial charge in [-0.2, -0.15) is 0 Å². The third-order valence-electron chi connectivity index (χ3n) is 15.1. The molecule has 13 aromatic carbocycles. The molecule has 0 aliphatic rings. The van der Waals surface area contributed by atoms with E-state index in [-0.39, 0.29) is 0 Å². The zero-order chi connectivity index (χ0) is 47.0. The van der Waals surface area contributed by atoms with Gasteiger partial charge in [-0.05, 0) is 119 Å². The summed E-state index contributed by atoms with van der Waals surface area (Å²) in [5, 5.41) is 20.9. The molecule has 0 spiro atoms. The molecule has 5 nitrogen and oxygen atoms in total. The molecule has 0 radical (unpaired) electrons. The number of aromatic nitrogens is 4. The summed E-state index contributed by atoms with van der Waals surface area (Å²) in [6.45, 7) is 0. The van der Waals surface area contributed by atoms with Gasteiger partial charge in [-0.15, -0.1) is 0 Å². The Morgan fingerprint density at radius 3 is 1.38 bits per heavy atom. The summed E-state index contributed by atoms with van der Waals surface area (Å²) < 4.78 is 9.59. The summed E-state index contributed by atoms with van der Waals surface area (Å²) in [6.07, 6.45) is 0. The van der Waals surface area contributed by atoms with Crippen LogP contribution in [0.1, 0.15) is 0 Å². The minimum absolute atomic E-state index is 0.553. The van der Waals surface area contributed by atoms with Crippen LogP contribution in [-0.2, 0) is 0 Å². The van der Waals surface area contributed by atoms with Gasteiger partial charge in [0, 0.05) is 38.2 Å². The van der Waals surface area contributed by atoms with Crippen LogP contribution >= 0.6 is 0 Å². The molecule has 0 aliphatic carbocycles. The lowest BCUT2D eigenvalue weighted by atomic mass is 9.99. The zero-order valence-electron chi connectivity index (χ0n) is 38.6. The molecule has 0 saturated carbocycles. The number of hydrogen-bond acceptors (Lipinski definition) is 4. The van der Waals surface area contributed by atoms with Gasteiger partial charge in [-0.1, -0.05) is 182 Å². The second-order valence-corrected chi connectivity index (χ2v) is 19.1. The van der Waals surface area contributed by atoms with Gasteiger partial charge in [0.25, 0.3) is 0 Å². The highest BCUT2D eigenvalue weighted by Crippen LogP contribution is 2.45. The molecular weight excluding hydrogens is 877 g/mol. The molecule has 0 bridgehead atoms. The molecule has 72 heavy (non-hydrogen) atoms. The maximum Gasteiger partial charge on any atom is 0.164 e. The Kier molecular flexibility index (Phi) is 8.10. The monoisotopic (exact) mass is 914 g/mol. The predicted octanol–water partition coefficient (Wildman–Crippen LogP) is 17.9. The second-order valence-electron chi connectivity index (χ2n) is 19.1. The van der Waals surface area contributed by atoms with E-state index in [1.165, 1.54) is 64.6 Å². The zero-order valence-corrected chi connectivity index (χ0v) is 38.6. The van der Waals surface area contributed by atoms with Gasteiger partial charge in [0.05, 0.1) is 22.1 Å². The average molecular weight is 915 g/mol. The molecule has 16 aromatic rings. The molecule has 0 unspecified atom stereocenters. The van der Waals surface area contributed by atoms with Crippen molar-refractivity contribution in [1.29, 1.82) is 0 Å². The molecule has 0 aliphatic heterocycles. The first-order valence-electron chi connectivity index (χ1n) is 24.5. The van der Waals surface area contributed by atoms with E-state index >= 15 is 0 Å². The van der Waals surface area contributed by atoms with Crippen LogP contribution in [0.25, 0.3) is 159 Å². The van der Waals surface area contributed by atoms with Crippen molar-refractivity contribution in [2.24, 2.45) is 0 Å². The standard InChI is InChI=1S/C67H38N4O/c1-2-16-44-36-59-57(35-43(44)15-1)62-54-19-9-5-13-41(54)28-32-58(62)71(59)60-37-49(38-61-63(60)56-31-25-42-14-6-10-20-55(42)64(56)72-61)67-69-65(47-26-29-52-45(33-47)23-21-39-11-3-7-17-50(39)52)68-66(70-67)48-27-30-53-46(34-48)24-22-40-12-4-8-18-51(40)53/h1-38H. The quantitative estimate of drug-likeness (QED) is 0.165. The molecule has 0 amide bonds. The molecule has 332 valence electrons. The van der Waals surface area contributed by atoms with E-state index in [4.69, 9.17) is 19.4 Å². The van der Waals surface area contributed by atoms with E-state index in [2.05, 4.69) is 235 Å². The molecule has 5 heteroatoms. The Hall–Kier alpha value is -9.71. The van der Waals surface area contributed by atoms with Crippen molar-refractivity contribution in [1.82, 2.24) is 19.5 Å². The van der Waals surface area contributed by atoms with Crippen LogP contribution in [0, 0.1) is 0 Å². The summed E-state index contributed by atoms with van der Waals surface area (Å²) in [5.41, 5.74) is 7.45. The summed E-state index contributed by atoms with van der Waals surface area (Å²) in [7, 11) is 0. The smallest absolute Gasteiger partial charge is 0.164 e. The van der Waals surface area contributed by atoms with E-state index in [1.807, 2.05) is 0 Å². The van der Waals surface area contributed by atoms with Crippen LogP contribution in [0.2, 0.25) is 0 Å². The number of fused-ring (bicyclic) bond motifs is 17. The third-order valence-corrected chi connectivity index (χ3v) is 15.1. The van der Waals surface area contributed by atoms with Crippen molar-refractivity contribution in [3.63, 3.8) is 0 Å². The largest absolute Gasteiger partial charge is 0.455 e. The lowest BCUT2D eigenvalue weighted by Gasteiger charge is -2.14. The van der Waals surface area contributed by atoms with Crippen LogP contribution in [0.4, 0.5) is 0 Å². The maximum atomic E-state index is 7.14. The molecule has 0 fully saturated rings.